The van der Waals surface area contributed by atoms with Crippen molar-refractivity contribution in [2.75, 3.05) is 5.75 Å². The van der Waals surface area contributed by atoms with Crippen LogP contribution in [0.25, 0.3) is 0 Å². The van der Waals surface area contributed by atoms with Gasteiger partial charge in [-0.1, -0.05) is 11.6 Å². The SMILES string of the molecule is O=C(O)CC1CCSc2ccc(Cl)cc21. The largest absolute Gasteiger partial charge is 0.481 e. The lowest BCUT2D eigenvalue weighted by molar-refractivity contribution is -0.137. The molecule has 1 unspecified atom stereocenters. The van der Waals surface area contributed by atoms with Crippen molar-refractivity contribution in [2.24, 2.45) is 0 Å². The number of rotatable bonds is 2. The first-order valence-electron chi connectivity index (χ1n) is 4.81. The van der Waals surface area contributed by atoms with Gasteiger partial charge in [-0.3, -0.25) is 4.79 Å². The van der Waals surface area contributed by atoms with Crippen molar-refractivity contribution >= 4 is 29.3 Å². The highest BCUT2D eigenvalue weighted by atomic mass is 35.5. The van der Waals surface area contributed by atoms with Crippen molar-refractivity contribution in [2.45, 2.75) is 23.7 Å². The van der Waals surface area contributed by atoms with E-state index in [1.165, 1.54) is 4.90 Å². The van der Waals surface area contributed by atoms with E-state index in [2.05, 4.69) is 0 Å². The van der Waals surface area contributed by atoms with Gasteiger partial charge in [-0.2, -0.15) is 0 Å². The Kier molecular flexibility index (Phi) is 3.22. The van der Waals surface area contributed by atoms with E-state index in [0.29, 0.717) is 5.02 Å². The van der Waals surface area contributed by atoms with Gasteiger partial charge < -0.3 is 5.11 Å². The molecular formula is C11H11ClO2S. The molecule has 0 amide bonds. The Morgan fingerprint density at radius 3 is 3.13 bits per heavy atom. The molecule has 15 heavy (non-hydrogen) atoms. The second-order valence-corrected chi connectivity index (χ2v) is 5.19. The summed E-state index contributed by atoms with van der Waals surface area (Å²) in [5, 5.41) is 9.51. The van der Waals surface area contributed by atoms with Gasteiger partial charge >= 0.3 is 5.97 Å². The monoisotopic (exact) mass is 242 g/mol. The molecule has 1 aliphatic rings. The van der Waals surface area contributed by atoms with Crippen molar-refractivity contribution in [3.05, 3.63) is 28.8 Å². The second kappa shape index (κ2) is 4.45. The molecule has 1 heterocycles. The molecule has 0 fully saturated rings. The third-order valence-electron chi connectivity index (χ3n) is 2.56. The fraction of sp³-hybridized carbons (Fsp3) is 0.364. The second-order valence-electron chi connectivity index (χ2n) is 3.61. The maximum Gasteiger partial charge on any atom is 0.303 e. The number of carboxylic acid groups (broad SMARTS) is 1. The zero-order valence-electron chi connectivity index (χ0n) is 8.07. The Labute approximate surface area is 97.6 Å². The van der Waals surface area contributed by atoms with Crippen LogP contribution in [0.5, 0.6) is 0 Å². The first kappa shape index (κ1) is 10.8. The van der Waals surface area contributed by atoms with E-state index in [9.17, 15) is 4.79 Å². The number of thioether (sulfide) groups is 1. The summed E-state index contributed by atoms with van der Waals surface area (Å²) in [6, 6.07) is 5.74. The van der Waals surface area contributed by atoms with Crippen LogP contribution in [-0.4, -0.2) is 16.8 Å². The molecule has 0 bridgehead atoms. The van der Waals surface area contributed by atoms with E-state index in [0.717, 1.165) is 17.7 Å². The number of halogens is 1. The molecule has 4 heteroatoms. The average molecular weight is 243 g/mol. The molecule has 1 N–H and O–H groups in total. The van der Waals surface area contributed by atoms with Crippen LogP contribution in [0.15, 0.2) is 23.1 Å². The molecule has 2 rings (SSSR count). The van der Waals surface area contributed by atoms with Crippen LogP contribution in [-0.2, 0) is 4.79 Å². The number of benzene rings is 1. The minimum Gasteiger partial charge on any atom is -0.481 e. The summed E-state index contributed by atoms with van der Waals surface area (Å²) in [7, 11) is 0. The molecular weight excluding hydrogens is 232 g/mol. The fourth-order valence-corrected chi connectivity index (χ4v) is 3.22. The summed E-state index contributed by atoms with van der Waals surface area (Å²) in [5.41, 5.74) is 1.10. The maximum absolute atomic E-state index is 10.7. The van der Waals surface area contributed by atoms with Crippen LogP contribution in [0.2, 0.25) is 5.02 Å². The summed E-state index contributed by atoms with van der Waals surface area (Å²) in [6.45, 7) is 0. The van der Waals surface area contributed by atoms with Crippen LogP contribution in [0.4, 0.5) is 0 Å². The van der Waals surface area contributed by atoms with E-state index in [-0.39, 0.29) is 12.3 Å². The summed E-state index contributed by atoms with van der Waals surface area (Å²) < 4.78 is 0. The van der Waals surface area contributed by atoms with E-state index >= 15 is 0 Å². The van der Waals surface area contributed by atoms with Crippen molar-refractivity contribution < 1.29 is 9.90 Å². The molecule has 1 atom stereocenters. The maximum atomic E-state index is 10.7. The third-order valence-corrected chi connectivity index (χ3v) is 3.91. The summed E-state index contributed by atoms with van der Waals surface area (Å²) in [6.07, 6.45) is 1.12. The van der Waals surface area contributed by atoms with Crippen LogP contribution in [0.3, 0.4) is 0 Å². The molecule has 0 saturated carbocycles. The molecule has 80 valence electrons. The first-order chi connectivity index (χ1) is 7.16. The van der Waals surface area contributed by atoms with E-state index in [4.69, 9.17) is 16.7 Å². The highest BCUT2D eigenvalue weighted by Crippen LogP contribution is 2.40. The zero-order chi connectivity index (χ0) is 10.8. The highest BCUT2D eigenvalue weighted by molar-refractivity contribution is 7.99. The minimum absolute atomic E-state index is 0.123. The Balaban J connectivity index is 2.32. The third kappa shape index (κ3) is 2.47. The molecule has 0 aliphatic carbocycles. The van der Waals surface area contributed by atoms with Gasteiger partial charge in [0.25, 0.3) is 0 Å². The Morgan fingerprint density at radius 2 is 2.40 bits per heavy atom. The zero-order valence-corrected chi connectivity index (χ0v) is 9.64. The number of aliphatic carboxylic acids is 1. The molecule has 2 nitrogen and oxygen atoms in total. The van der Waals surface area contributed by atoms with Crippen LogP contribution < -0.4 is 0 Å². The smallest absolute Gasteiger partial charge is 0.303 e. The lowest BCUT2D eigenvalue weighted by atomic mass is 9.93. The van der Waals surface area contributed by atoms with E-state index < -0.39 is 5.97 Å². The topological polar surface area (TPSA) is 37.3 Å². The molecule has 1 aromatic carbocycles. The predicted octanol–water partition coefficient (Wildman–Crippen LogP) is 3.39. The number of carbonyl (C=O) groups is 1. The standard InChI is InChI=1S/C11H11ClO2S/c12-8-1-2-10-9(6-8)7(3-4-15-10)5-11(13)14/h1-2,6-7H,3-5H2,(H,13,14). The van der Waals surface area contributed by atoms with Gasteiger partial charge in [-0.05, 0) is 41.9 Å². The summed E-state index contributed by atoms with van der Waals surface area (Å²) in [4.78, 5) is 11.9. The lowest BCUT2D eigenvalue weighted by Gasteiger charge is -2.23. The highest BCUT2D eigenvalue weighted by Gasteiger charge is 2.22. The van der Waals surface area contributed by atoms with Crippen molar-refractivity contribution in [3.8, 4) is 0 Å². The van der Waals surface area contributed by atoms with Crippen LogP contribution >= 0.6 is 23.4 Å². The van der Waals surface area contributed by atoms with Crippen LogP contribution in [0, 0.1) is 0 Å². The lowest BCUT2D eigenvalue weighted by Crippen LogP contribution is -2.11. The predicted molar refractivity (Wildman–Crippen MR) is 61.8 cm³/mol. The number of hydrogen-bond acceptors (Lipinski definition) is 2. The molecule has 1 aromatic rings. The van der Waals surface area contributed by atoms with Crippen molar-refractivity contribution in [1.82, 2.24) is 0 Å². The van der Waals surface area contributed by atoms with Gasteiger partial charge in [0.15, 0.2) is 0 Å². The quantitative estimate of drug-likeness (QED) is 0.864. The Bertz CT molecular complexity index is 392. The van der Waals surface area contributed by atoms with Gasteiger partial charge in [0.2, 0.25) is 0 Å². The Hall–Kier alpha value is -0.670. The van der Waals surface area contributed by atoms with E-state index in [1.54, 1.807) is 11.8 Å². The van der Waals surface area contributed by atoms with Crippen LogP contribution in [0.1, 0.15) is 24.3 Å². The van der Waals surface area contributed by atoms with Crippen molar-refractivity contribution in [1.29, 1.82) is 0 Å². The molecule has 0 saturated heterocycles. The molecule has 1 aliphatic heterocycles. The summed E-state index contributed by atoms with van der Waals surface area (Å²) >= 11 is 7.70. The number of fused-ring (bicyclic) bond motifs is 1. The molecule has 0 radical (unpaired) electrons. The minimum atomic E-state index is -0.738. The molecule has 0 spiro atoms. The fourth-order valence-electron chi connectivity index (χ4n) is 1.86. The Morgan fingerprint density at radius 1 is 1.60 bits per heavy atom. The normalized spacial score (nSPS) is 19.7. The van der Waals surface area contributed by atoms with Gasteiger partial charge in [0, 0.05) is 9.92 Å². The number of hydrogen-bond donors (Lipinski definition) is 1. The van der Waals surface area contributed by atoms with Gasteiger partial charge in [0.1, 0.15) is 0 Å². The summed E-state index contributed by atoms with van der Waals surface area (Å²) in [5.74, 6) is 0.377. The number of carboxylic acids is 1. The van der Waals surface area contributed by atoms with Gasteiger partial charge in [-0.25, -0.2) is 0 Å². The van der Waals surface area contributed by atoms with E-state index in [1.807, 2.05) is 18.2 Å². The van der Waals surface area contributed by atoms with Gasteiger partial charge in [0.05, 0.1) is 6.42 Å². The first-order valence-corrected chi connectivity index (χ1v) is 6.17. The average Bonchev–Trinajstić information content (AvgIpc) is 2.18. The van der Waals surface area contributed by atoms with Gasteiger partial charge in [-0.15, -0.1) is 11.8 Å². The molecule has 0 aromatic heterocycles. The van der Waals surface area contributed by atoms with Crippen molar-refractivity contribution in [3.63, 3.8) is 0 Å².